The molecule has 36 heavy (non-hydrogen) atoms. The van der Waals surface area contributed by atoms with Crippen LogP contribution in [0, 0.1) is 11.3 Å². The van der Waals surface area contributed by atoms with E-state index in [-0.39, 0.29) is 17.7 Å². The van der Waals surface area contributed by atoms with Crippen molar-refractivity contribution in [3.63, 3.8) is 0 Å². The molecule has 1 aliphatic rings. The normalized spacial score (nSPS) is 14.8. The van der Waals surface area contributed by atoms with Gasteiger partial charge in [-0.1, -0.05) is 18.7 Å². The van der Waals surface area contributed by atoms with Gasteiger partial charge in [0.15, 0.2) is 0 Å². The van der Waals surface area contributed by atoms with Crippen LogP contribution in [-0.2, 0) is 4.79 Å². The third-order valence-electron chi connectivity index (χ3n) is 6.35. The van der Waals surface area contributed by atoms with Crippen LogP contribution in [0.1, 0.15) is 33.8 Å². The van der Waals surface area contributed by atoms with Crippen LogP contribution in [0.2, 0.25) is 0 Å². The highest BCUT2D eigenvalue weighted by Crippen LogP contribution is 2.35. The van der Waals surface area contributed by atoms with Gasteiger partial charge in [-0.15, -0.1) is 5.73 Å². The number of likely N-dealkylation sites (tertiary alicyclic amines) is 1. The van der Waals surface area contributed by atoms with Crippen molar-refractivity contribution in [1.29, 1.82) is 5.26 Å². The zero-order valence-corrected chi connectivity index (χ0v) is 19.4. The fraction of sp³-hybridized carbons (Fsp3) is 0.143. The van der Waals surface area contributed by atoms with Gasteiger partial charge in [-0.2, -0.15) is 5.26 Å². The number of fused-ring (bicyclic) bond motifs is 1. The number of hydrogen-bond acceptors (Lipinski definition) is 5. The Kier molecular flexibility index (Phi) is 6.14. The van der Waals surface area contributed by atoms with Crippen molar-refractivity contribution in [2.75, 3.05) is 18.4 Å². The van der Waals surface area contributed by atoms with Crippen molar-refractivity contribution >= 4 is 23.1 Å². The minimum atomic E-state index is -0.309. The molecule has 5 rings (SSSR count). The van der Waals surface area contributed by atoms with Gasteiger partial charge in [0.25, 0.3) is 11.8 Å². The second-order valence-electron chi connectivity index (χ2n) is 8.51. The van der Waals surface area contributed by atoms with Crippen molar-refractivity contribution in [3.8, 4) is 17.3 Å². The maximum atomic E-state index is 12.7. The average molecular weight is 475 g/mol. The standard InChI is InChI=1S/C28H22N6O2/c1-2-3-27(35)33-13-10-22(17-33)23-15-25(34-18-30-11-9-24(23)34)20-4-6-21(7-5-20)28(36)32-26-14-19(16-29)8-12-31-26/h3-9,11-12,14-15,18,22H,1,10,13,17H2,(H,31,32,36). The van der Waals surface area contributed by atoms with E-state index in [1.165, 1.54) is 18.3 Å². The van der Waals surface area contributed by atoms with Gasteiger partial charge in [-0.3, -0.25) is 9.59 Å². The van der Waals surface area contributed by atoms with E-state index in [0.717, 1.165) is 28.8 Å². The Balaban J connectivity index is 1.40. The van der Waals surface area contributed by atoms with E-state index < -0.39 is 0 Å². The van der Waals surface area contributed by atoms with Crippen molar-refractivity contribution in [2.45, 2.75) is 12.3 Å². The van der Waals surface area contributed by atoms with E-state index in [1.54, 1.807) is 30.7 Å². The lowest BCUT2D eigenvalue weighted by Gasteiger charge is -2.13. The first-order chi connectivity index (χ1) is 17.6. The van der Waals surface area contributed by atoms with E-state index >= 15 is 0 Å². The van der Waals surface area contributed by atoms with Gasteiger partial charge in [0.2, 0.25) is 0 Å². The first kappa shape index (κ1) is 22.8. The summed E-state index contributed by atoms with van der Waals surface area (Å²) in [6, 6.07) is 16.6. The number of nitrogens with zero attached hydrogens (tertiary/aromatic N) is 5. The number of anilines is 1. The number of nitrogens with one attached hydrogen (secondary N) is 1. The van der Waals surface area contributed by atoms with E-state index in [1.807, 2.05) is 33.6 Å². The Hall–Kier alpha value is -4.99. The molecule has 0 radical (unpaired) electrons. The summed E-state index contributed by atoms with van der Waals surface area (Å²) in [7, 11) is 0. The Morgan fingerprint density at radius 2 is 1.97 bits per heavy atom. The van der Waals surface area contributed by atoms with Crippen LogP contribution in [0.25, 0.3) is 16.8 Å². The maximum absolute atomic E-state index is 12.7. The van der Waals surface area contributed by atoms with Gasteiger partial charge >= 0.3 is 0 Å². The Bertz CT molecular complexity index is 1560. The molecule has 1 saturated heterocycles. The second-order valence-corrected chi connectivity index (χ2v) is 8.51. The van der Waals surface area contributed by atoms with Crippen molar-refractivity contribution in [1.82, 2.24) is 19.3 Å². The molecule has 1 fully saturated rings. The number of aromatic nitrogens is 3. The smallest absolute Gasteiger partial charge is 0.256 e. The van der Waals surface area contributed by atoms with Crippen LogP contribution in [0.3, 0.4) is 0 Å². The molecule has 8 heteroatoms. The van der Waals surface area contributed by atoms with E-state index in [9.17, 15) is 9.59 Å². The highest BCUT2D eigenvalue weighted by Gasteiger charge is 2.29. The zero-order valence-electron chi connectivity index (χ0n) is 19.4. The Labute approximate surface area is 207 Å². The van der Waals surface area contributed by atoms with Crippen molar-refractivity contribution in [3.05, 3.63) is 102 Å². The quantitative estimate of drug-likeness (QED) is 0.345. The lowest BCUT2D eigenvalue weighted by atomic mass is 9.98. The highest BCUT2D eigenvalue weighted by atomic mass is 16.2. The average Bonchev–Trinajstić information content (AvgIpc) is 3.54. The van der Waals surface area contributed by atoms with Gasteiger partial charge < -0.3 is 14.6 Å². The number of carbonyl (C=O) groups is 2. The molecule has 1 aliphatic heterocycles. The molecule has 1 aromatic carbocycles. The molecular formula is C28H22N6O2. The number of rotatable bonds is 5. The number of hydrogen-bond donors (Lipinski definition) is 1. The van der Waals surface area contributed by atoms with Gasteiger partial charge in [0.1, 0.15) is 5.82 Å². The third-order valence-corrected chi connectivity index (χ3v) is 6.35. The molecule has 4 heterocycles. The molecular weight excluding hydrogens is 452 g/mol. The van der Waals surface area contributed by atoms with Crippen molar-refractivity contribution in [2.24, 2.45) is 0 Å². The number of nitriles is 1. The maximum Gasteiger partial charge on any atom is 0.256 e. The molecule has 0 aliphatic carbocycles. The number of carbonyl (C=O) groups excluding carboxylic acids is 2. The van der Waals surface area contributed by atoms with Gasteiger partial charge in [-0.05, 0) is 53.9 Å². The fourth-order valence-corrected chi connectivity index (χ4v) is 4.57. The minimum absolute atomic E-state index is 0.0682. The molecule has 0 bridgehead atoms. The summed E-state index contributed by atoms with van der Waals surface area (Å²) in [5, 5.41) is 11.8. The number of pyridine rings is 1. The van der Waals surface area contributed by atoms with Gasteiger partial charge in [-0.25, -0.2) is 9.97 Å². The molecule has 4 aromatic rings. The fourth-order valence-electron chi connectivity index (χ4n) is 4.57. The van der Waals surface area contributed by atoms with Gasteiger partial charge in [0, 0.05) is 43.0 Å². The molecule has 2 amide bonds. The molecule has 0 saturated carbocycles. The summed E-state index contributed by atoms with van der Waals surface area (Å²) in [5.74, 6) is 0.154. The lowest BCUT2D eigenvalue weighted by Crippen LogP contribution is -2.26. The number of benzene rings is 1. The SMILES string of the molecule is C=C=CC(=O)N1CCC(c2cc(-c3ccc(C(=O)Nc4cc(C#N)ccn4)cc3)n3cnccc23)C1. The van der Waals surface area contributed by atoms with Crippen LogP contribution in [0.15, 0.2) is 85.6 Å². The third kappa shape index (κ3) is 4.39. The first-order valence-electron chi connectivity index (χ1n) is 11.4. The van der Waals surface area contributed by atoms with Crippen LogP contribution in [0.5, 0.6) is 0 Å². The van der Waals surface area contributed by atoms with E-state index in [4.69, 9.17) is 5.26 Å². The second kappa shape index (κ2) is 9.71. The molecule has 176 valence electrons. The van der Waals surface area contributed by atoms with Crippen LogP contribution in [-0.4, -0.2) is 44.2 Å². The minimum Gasteiger partial charge on any atom is -0.338 e. The summed E-state index contributed by atoms with van der Waals surface area (Å²) in [6.45, 7) is 4.82. The van der Waals surface area contributed by atoms with Crippen LogP contribution >= 0.6 is 0 Å². The zero-order chi connectivity index (χ0) is 25.1. The van der Waals surface area contributed by atoms with E-state index in [0.29, 0.717) is 30.0 Å². The largest absolute Gasteiger partial charge is 0.338 e. The molecule has 1 unspecified atom stereocenters. The van der Waals surface area contributed by atoms with Gasteiger partial charge in [0.05, 0.1) is 29.2 Å². The molecule has 8 nitrogen and oxygen atoms in total. The lowest BCUT2D eigenvalue weighted by molar-refractivity contribution is -0.125. The van der Waals surface area contributed by atoms with E-state index in [2.05, 4.69) is 33.7 Å². The van der Waals surface area contributed by atoms with Crippen molar-refractivity contribution < 1.29 is 9.59 Å². The summed E-state index contributed by atoms with van der Waals surface area (Å²) in [6.07, 6.45) is 7.28. The predicted octanol–water partition coefficient (Wildman–Crippen LogP) is 4.18. The summed E-state index contributed by atoms with van der Waals surface area (Å²) in [4.78, 5) is 35.2. The summed E-state index contributed by atoms with van der Waals surface area (Å²) in [5.41, 5.74) is 7.56. The molecule has 0 spiro atoms. The summed E-state index contributed by atoms with van der Waals surface area (Å²) < 4.78 is 2.04. The monoisotopic (exact) mass is 474 g/mol. The molecule has 1 atom stereocenters. The predicted molar refractivity (Wildman–Crippen MR) is 135 cm³/mol. The summed E-state index contributed by atoms with van der Waals surface area (Å²) >= 11 is 0. The topological polar surface area (TPSA) is 103 Å². The number of amides is 2. The van der Waals surface area contributed by atoms with Crippen LogP contribution in [0.4, 0.5) is 5.82 Å². The first-order valence-corrected chi connectivity index (χ1v) is 11.4. The van der Waals surface area contributed by atoms with Crippen LogP contribution < -0.4 is 5.32 Å². The highest BCUT2D eigenvalue weighted by molar-refractivity contribution is 6.04. The Morgan fingerprint density at radius 1 is 1.14 bits per heavy atom. The Morgan fingerprint density at radius 3 is 2.75 bits per heavy atom. The molecule has 3 aromatic heterocycles. The molecule has 1 N–H and O–H groups in total.